The van der Waals surface area contributed by atoms with Gasteiger partial charge in [-0.2, -0.15) is 0 Å². The topological polar surface area (TPSA) is 52.2 Å². The van der Waals surface area contributed by atoms with Crippen LogP contribution in [0.5, 0.6) is 0 Å². The Balaban J connectivity index is 1.42. The molecule has 1 atom stereocenters. The normalized spacial score (nSPS) is 16.9. The summed E-state index contributed by atoms with van der Waals surface area (Å²) in [5, 5.41) is 1.08. The number of carbonyl (C=O) groups is 1. The fourth-order valence-corrected chi connectivity index (χ4v) is 3.48. The van der Waals surface area contributed by atoms with E-state index in [9.17, 15) is 4.79 Å². The van der Waals surface area contributed by atoms with Gasteiger partial charge in [0.25, 0.3) is 5.91 Å². The second-order valence-corrected chi connectivity index (χ2v) is 6.53. The Morgan fingerprint density at radius 1 is 1.08 bits per heavy atom. The molecule has 1 saturated heterocycles. The lowest BCUT2D eigenvalue weighted by Gasteiger charge is -2.37. The molecule has 1 unspecified atom stereocenters. The highest BCUT2D eigenvalue weighted by Crippen LogP contribution is 2.21. The first-order valence-electron chi connectivity index (χ1n) is 8.74. The summed E-state index contributed by atoms with van der Waals surface area (Å²) in [6, 6.07) is 16.2. The number of amides is 1. The molecular weight excluding hydrogens is 312 g/mol. The average molecular weight is 334 g/mol. The van der Waals surface area contributed by atoms with Gasteiger partial charge in [-0.05, 0) is 31.2 Å². The molecule has 1 fully saturated rings. The number of hydrogen-bond acceptors (Lipinski definition) is 3. The minimum absolute atomic E-state index is 0.0846. The molecule has 1 amide bonds. The van der Waals surface area contributed by atoms with Crippen LogP contribution in [0.1, 0.15) is 29.1 Å². The van der Waals surface area contributed by atoms with E-state index in [0.29, 0.717) is 5.69 Å². The Labute approximate surface area is 147 Å². The minimum Gasteiger partial charge on any atom is -0.351 e. The number of para-hydroxylation sites is 1. The van der Waals surface area contributed by atoms with E-state index in [1.807, 2.05) is 53.6 Å². The molecule has 5 nitrogen and oxygen atoms in total. The van der Waals surface area contributed by atoms with Crippen molar-refractivity contribution in [1.82, 2.24) is 19.8 Å². The first-order valence-corrected chi connectivity index (χ1v) is 8.74. The molecule has 3 aromatic rings. The summed E-state index contributed by atoms with van der Waals surface area (Å²) in [4.78, 5) is 24.8. The quantitative estimate of drug-likeness (QED) is 0.801. The Hall–Kier alpha value is -2.66. The number of nitrogens with one attached hydrogen (secondary N) is 1. The zero-order valence-corrected chi connectivity index (χ0v) is 14.4. The van der Waals surface area contributed by atoms with Crippen LogP contribution >= 0.6 is 0 Å². The second kappa shape index (κ2) is 6.69. The van der Waals surface area contributed by atoms with Crippen LogP contribution in [0.4, 0.5) is 0 Å². The van der Waals surface area contributed by atoms with Crippen molar-refractivity contribution in [1.29, 1.82) is 0 Å². The van der Waals surface area contributed by atoms with Crippen LogP contribution in [0, 0.1) is 0 Å². The third-order valence-electron chi connectivity index (χ3n) is 5.03. The fourth-order valence-electron chi connectivity index (χ4n) is 3.48. The highest BCUT2D eigenvalue weighted by Gasteiger charge is 2.26. The van der Waals surface area contributed by atoms with E-state index in [1.54, 1.807) is 0 Å². The van der Waals surface area contributed by atoms with Crippen molar-refractivity contribution in [3.8, 4) is 0 Å². The third-order valence-corrected chi connectivity index (χ3v) is 5.03. The molecule has 0 saturated carbocycles. The SMILES string of the molecule is CC(c1ccccn1)N1CCN(C(=O)c2cc3ccccc3[nH]2)CC1. The first-order chi connectivity index (χ1) is 12.2. The van der Waals surface area contributed by atoms with E-state index in [2.05, 4.69) is 27.9 Å². The number of carbonyl (C=O) groups excluding carboxylic acids is 1. The molecular formula is C20H22N4O. The molecule has 128 valence electrons. The van der Waals surface area contributed by atoms with Crippen LogP contribution in [0.25, 0.3) is 10.9 Å². The summed E-state index contributed by atoms with van der Waals surface area (Å²) < 4.78 is 0. The Morgan fingerprint density at radius 3 is 2.56 bits per heavy atom. The third kappa shape index (κ3) is 3.15. The standard InChI is InChI=1S/C20H22N4O/c1-15(17-7-4-5-9-21-17)23-10-12-24(13-11-23)20(25)19-14-16-6-2-3-8-18(16)22-19/h2-9,14-15,22H,10-13H2,1H3. The van der Waals surface area contributed by atoms with Gasteiger partial charge in [-0.25, -0.2) is 0 Å². The number of pyridine rings is 1. The Bertz CT molecular complexity index is 833. The Kier molecular flexibility index (Phi) is 4.24. The van der Waals surface area contributed by atoms with Gasteiger partial charge in [0, 0.05) is 49.3 Å². The van der Waals surface area contributed by atoms with Crippen molar-refractivity contribution in [2.75, 3.05) is 26.2 Å². The zero-order valence-electron chi connectivity index (χ0n) is 14.4. The summed E-state index contributed by atoms with van der Waals surface area (Å²) in [5.41, 5.74) is 2.76. The molecule has 0 bridgehead atoms. The number of nitrogens with zero attached hydrogens (tertiary/aromatic N) is 3. The van der Waals surface area contributed by atoms with Crippen molar-refractivity contribution in [3.63, 3.8) is 0 Å². The summed E-state index contributed by atoms with van der Waals surface area (Å²) in [6.45, 7) is 5.39. The van der Waals surface area contributed by atoms with Crippen LogP contribution in [0.2, 0.25) is 0 Å². The fraction of sp³-hybridized carbons (Fsp3) is 0.300. The minimum atomic E-state index is 0.0846. The van der Waals surface area contributed by atoms with Gasteiger partial charge in [0.1, 0.15) is 5.69 Å². The number of piperazine rings is 1. The molecule has 5 heteroatoms. The van der Waals surface area contributed by atoms with Gasteiger partial charge < -0.3 is 9.88 Å². The van der Waals surface area contributed by atoms with E-state index < -0.39 is 0 Å². The number of rotatable bonds is 3. The van der Waals surface area contributed by atoms with E-state index in [-0.39, 0.29) is 11.9 Å². The predicted octanol–water partition coefficient (Wildman–Crippen LogP) is 3.08. The van der Waals surface area contributed by atoms with Gasteiger partial charge in [0.05, 0.1) is 5.69 Å². The largest absolute Gasteiger partial charge is 0.351 e. The molecule has 1 aliphatic rings. The number of hydrogen-bond donors (Lipinski definition) is 1. The molecule has 1 N–H and O–H groups in total. The Morgan fingerprint density at radius 2 is 1.84 bits per heavy atom. The number of fused-ring (bicyclic) bond motifs is 1. The lowest BCUT2D eigenvalue weighted by molar-refractivity contribution is 0.0574. The maximum absolute atomic E-state index is 12.8. The molecule has 1 aliphatic heterocycles. The summed E-state index contributed by atoms with van der Waals surface area (Å²) in [7, 11) is 0. The van der Waals surface area contributed by atoms with E-state index in [0.717, 1.165) is 42.8 Å². The molecule has 3 heterocycles. The second-order valence-electron chi connectivity index (χ2n) is 6.53. The van der Waals surface area contributed by atoms with Crippen molar-refractivity contribution >= 4 is 16.8 Å². The van der Waals surface area contributed by atoms with Crippen molar-refractivity contribution in [2.45, 2.75) is 13.0 Å². The van der Waals surface area contributed by atoms with Crippen LogP contribution in [-0.4, -0.2) is 51.9 Å². The van der Waals surface area contributed by atoms with Gasteiger partial charge in [-0.1, -0.05) is 24.3 Å². The van der Waals surface area contributed by atoms with E-state index in [1.165, 1.54) is 0 Å². The maximum Gasteiger partial charge on any atom is 0.270 e. The zero-order chi connectivity index (χ0) is 17.2. The summed E-state index contributed by atoms with van der Waals surface area (Å²) in [6.07, 6.45) is 1.83. The molecule has 2 aromatic heterocycles. The molecule has 25 heavy (non-hydrogen) atoms. The summed E-state index contributed by atoms with van der Waals surface area (Å²) in [5.74, 6) is 0.0846. The van der Waals surface area contributed by atoms with Crippen LogP contribution < -0.4 is 0 Å². The lowest BCUT2D eigenvalue weighted by atomic mass is 10.1. The van der Waals surface area contributed by atoms with E-state index >= 15 is 0 Å². The number of aromatic amines is 1. The molecule has 0 radical (unpaired) electrons. The molecule has 1 aromatic carbocycles. The average Bonchev–Trinajstić information content (AvgIpc) is 3.12. The first kappa shape index (κ1) is 15.8. The van der Waals surface area contributed by atoms with Gasteiger partial charge in [-0.3, -0.25) is 14.7 Å². The van der Waals surface area contributed by atoms with Crippen LogP contribution in [0.15, 0.2) is 54.7 Å². The highest BCUT2D eigenvalue weighted by atomic mass is 16.2. The van der Waals surface area contributed by atoms with Crippen molar-refractivity contribution < 1.29 is 4.79 Å². The van der Waals surface area contributed by atoms with Crippen molar-refractivity contribution in [3.05, 3.63) is 66.1 Å². The number of H-pyrrole nitrogens is 1. The van der Waals surface area contributed by atoms with Crippen LogP contribution in [-0.2, 0) is 0 Å². The molecule has 0 aliphatic carbocycles. The monoisotopic (exact) mass is 334 g/mol. The molecule has 4 rings (SSSR count). The molecule has 0 spiro atoms. The van der Waals surface area contributed by atoms with Gasteiger partial charge in [0.2, 0.25) is 0 Å². The lowest BCUT2D eigenvalue weighted by Crippen LogP contribution is -2.49. The smallest absolute Gasteiger partial charge is 0.270 e. The number of benzene rings is 1. The maximum atomic E-state index is 12.8. The van der Waals surface area contributed by atoms with Crippen LogP contribution in [0.3, 0.4) is 0 Å². The van der Waals surface area contributed by atoms with Gasteiger partial charge in [-0.15, -0.1) is 0 Å². The predicted molar refractivity (Wildman–Crippen MR) is 98.4 cm³/mol. The van der Waals surface area contributed by atoms with E-state index in [4.69, 9.17) is 0 Å². The van der Waals surface area contributed by atoms with Gasteiger partial charge in [0.15, 0.2) is 0 Å². The highest BCUT2D eigenvalue weighted by molar-refractivity contribution is 5.98. The summed E-state index contributed by atoms with van der Waals surface area (Å²) >= 11 is 0. The number of aromatic nitrogens is 2. The van der Waals surface area contributed by atoms with Crippen molar-refractivity contribution in [2.24, 2.45) is 0 Å². The van der Waals surface area contributed by atoms with Gasteiger partial charge >= 0.3 is 0 Å².